The fraction of sp³-hybridized carbons (Fsp3) is 0.231. The molecule has 1 aliphatic rings. The van der Waals surface area contributed by atoms with Gasteiger partial charge in [-0.1, -0.05) is 60.7 Å². The Balaban J connectivity index is 1.67. The zero-order chi connectivity index (χ0) is 21.0. The van der Waals surface area contributed by atoms with Gasteiger partial charge in [0.2, 0.25) is 0 Å². The number of pyridine rings is 1. The van der Waals surface area contributed by atoms with E-state index in [9.17, 15) is 5.11 Å². The molecule has 4 aromatic rings. The SMILES string of the molecule is OCC1CCCCN1c1cc(N=C(c2ccccc2)c2ccccc2)n2nccc2c1. The van der Waals surface area contributed by atoms with Gasteiger partial charge in [-0.15, -0.1) is 0 Å². The second-order valence-corrected chi connectivity index (χ2v) is 7.96. The molecule has 1 atom stereocenters. The summed E-state index contributed by atoms with van der Waals surface area (Å²) in [7, 11) is 0. The van der Waals surface area contributed by atoms with Crippen molar-refractivity contribution >= 4 is 22.7 Å². The average Bonchev–Trinajstić information content (AvgIpc) is 3.32. The van der Waals surface area contributed by atoms with Crippen molar-refractivity contribution in [1.29, 1.82) is 0 Å². The Kier molecular flexibility index (Phi) is 5.50. The molecule has 1 unspecified atom stereocenters. The van der Waals surface area contributed by atoms with E-state index >= 15 is 0 Å². The Morgan fingerprint density at radius 1 is 0.935 bits per heavy atom. The number of piperidine rings is 1. The summed E-state index contributed by atoms with van der Waals surface area (Å²) in [6.07, 6.45) is 5.12. The van der Waals surface area contributed by atoms with Crippen molar-refractivity contribution in [3.05, 3.63) is 96.2 Å². The number of hydrogen-bond donors (Lipinski definition) is 1. The lowest BCUT2D eigenvalue weighted by molar-refractivity contribution is 0.240. The maximum absolute atomic E-state index is 9.92. The first-order chi connectivity index (χ1) is 15.3. The van der Waals surface area contributed by atoms with E-state index in [-0.39, 0.29) is 12.6 Å². The third-order valence-electron chi connectivity index (χ3n) is 5.95. The first-order valence-corrected chi connectivity index (χ1v) is 10.9. The van der Waals surface area contributed by atoms with Crippen LogP contribution in [0.5, 0.6) is 0 Å². The number of aromatic nitrogens is 2. The van der Waals surface area contributed by atoms with E-state index in [4.69, 9.17) is 4.99 Å². The largest absolute Gasteiger partial charge is 0.394 e. The summed E-state index contributed by atoms with van der Waals surface area (Å²) in [6, 6.07) is 26.9. The van der Waals surface area contributed by atoms with Crippen LogP contribution in [0.4, 0.5) is 11.5 Å². The molecule has 31 heavy (non-hydrogen) atoms. The molecule has 156 valence electrons. The highest BCUT2D eigenvalue weighted by molar-refractivity contribution is 6.13. The van der Waals surface area contributed by atoms with Gasteiger partial charge in [0, 0.05) is 29.4 Å². The smallest absolute Gasteiger partial charge is 0.156 e. The molecule has 5 nitrogen and oxygen atoms in total. The molecule has 5 rings (SSSR count). The minimum absolute atomic E-state index is 0.152. The molecule has 0 radical (unpaired) electrons. The van der Waals surface area contributed by atoms with E-state index in [2.05, 4.69) is 46.4 Å². The Labute approximate surface area is 182 Å². The molecular weight excluding hydrogens is 384 g/mol. The maximum Gasteiger partial charge on any atom is 0.156 e. The molecule has 0 aliphatic carbocycles. The van der Waals surface area contributed by atoms with Gasteiger partial charge in [0.25, 0.3) is 0 Å². The number of aliphatic imine (C=N–C) groups is 1. The lowest BCUT2D eigenvalue weighted by Gasteiger charge is -2.36. The summed E-state index contributed by atoms with van der Waals surface area (Å²) in [4.78, 5) is 7.45. The van der Waals surface area contributed by atoms with Crippen molar-refractivity contribution in [2.45, 2.75) is 25.3 Å². The first-order valence-electron chi connectivity index (χ1n) is 10.9. The summed E-state index contributed by atoms with van der Waals surface area (Å²) >= 11 is 0. The summed E-state index contributed by atoms with van der Waals surface area (Å²) in [6.45, 7) is 1.12. The van der Waals surface area contributed by atoms with Gasteiger partial charge in [0.15, 0.2) is 5.82 Å². The zero-order valence-electron chi connectivity index (χ0n) is 17.4. The van der Waals surface area contributed by atoms with Crippen molar-refractivity contribution in [2.75, 3.05) is 18.1 Å². The van der Waals surface area contributed by atoms with E-state index in [0.29, 0.717) is 0 Å². The molecule has 2 aromatic heterocycles. The fourth-order valence-electron chi connectivity index (χ4n) is 4.38. The third kappa shape index (κ3) is 3.97. The van der Waals surface area contributed by atoms with E-state index in [1.54, 1.807) is 0 Å². The molecule has 2 aromatic carbocycles. The van der Waals surface area contributed by atoms with Crippen molar-refractivity contribution in [3.63, 3.8) is 0 Å². The Bertz CT molecular complexity index is 1140. The van der Waals surface area contributed by atoms with Crippen LogP contribution >= 0.6 is 0 Å². The average molecular weight is 411 g/mol. The van der Waals surface area contributed by atoms with Crippen LogP contribution < -0.4 is 4.90 Å². The van der Waals surface area contributed by atoms with Crippen LogP contribution in [0, 0.1) is 0 Å². The minimum atomic E-state index is 0.152. The molecule has 1 saturated heterocycles. The molecule has 0 spiro atoms. The summed E-state index contributed by atoms with van der Waals surface area (Å²) < 4.78 is 1.88. The number of aliphatic hydroxyl groups is 1. The monoisotopic (exact) mass is 410 g/mol. The van der Waals surface area contributed by atoms with Gasteiger partial charge in [0.05, 0.1) is 30.1 Å². The number of anilines is 1. The number of nitrogens with zero attached hydrogens (tertiary/aromatic N) is 4. The summed E-state index contributed by atoms with van der Waals surface area (Å²) in [5.41, 5.74) is 5.12. The molecule has 5 heteroatoms. The van der Waals surface area contributed by atoms with E-state index in [1.165, 1.54) is 0 Å². The van der Waals surface area contributed by atoms with Crippen LogP contribution in [0.25, 0.3) is 5.52 Å². The van der Waals surface area contributed by atoms with Gasteiger partial charge in [-0.3, -0.25) is 0 Å². The van der Waals surface area contributed by atoms with Crippen LogP contribution in [0.2, 0.25) is 0 Å². The first kappa shape index (κ1) is 19.5. The Hall–Kier alpha value is -3.44. The second kappa shape index (κ2) is 8.74. The van der Waals surface area contributed by atoms with Crippen LogP contribution in [-0.2, 0) is 0 Å². The minimum Gasteiger partial charge on any atom is -0.394 e. The van der Waals surface area contributed by atoms with Crippen molar-refractivity contribution in [1.82, 2.24) is 9.61 Å². The third-order valence-corrected chi connectivity index (χ3v) is 5.95. The fourth-order valence-corrected chi connectivity index (χ4v) is 4.38. The highest BCUT2D eigenvalue weighted by Crippen LogP contribution is 2.30. The number of aliphatic hydroxyl groups excluding tert-OH is 1. The summed E-state index contributed by atoms with van der Waals surface area (Å²) in [5.74, 6) is 0.780. The normalized spacial score (nSPS) is 16.4. The van der Waals surface area contributed by atoms with Crippen LogP contribution in [0.3, 0.4) is 0 Å². The second-order valence-electron chi connectivity index (χ2n) is 7.96. The van der Waals surface area contributed by atoms with Gasteiger partial charge in [0.1, 0.15) is 0 Å². The Morgan fingerprint density at radius 2 is 1.65 bits per heavy atom. The zero-order valence-corrected chi connectivity index (χ0v) is 17.4. The standard InChI is InChI=1S/C26H26N4O/c31-19-23-13-7-8-16-29(23)24-17-22-14-15-27-30(22)25(18-24)28-26(20-9-3-1-4-10-20)21-11-5-2-6-12-21/h1-6,9-12,14-15,17-18,23,31H,7-8,13,16,19H2. The van der Waals surface area contributed by atoms with Gasteiger partial charge in [-0.05, 0) is 31.4 Å². The molecule has 3 heterocycles. The quantitative estimate of drug-likeness (QED) is 0.478. The number of hydrogen-bond acceptors (Lipinski definition) is 4. The van der Waals surface area contributed by atoms with Crippen molar-refractivity contribution < 1.29 is 5.11 Å². The van der Waals surface area contributed by atoms with Gasteiger partial charge >= 0.3 is 0 Å². The van der Waals surface area contributed by atoms with Gasteiger partial charge in [-0.2, -0.15) is 5.10 Å². The molecule has 1 fully saturated rings. The molecule has 0 amide bonds. The molecule has 1 N–H and O–H groups in total. The predicted molar refractivity (Wildman–Crippen MR) is 125 cm³/mol. The van der Waals surface area contributed by atoms with Crippen molar-refractivity contribution in [2.24, 2.45) is 4.99 Å². The lowest BCUT2D eigenvalue weighted by Crippen LogP contribution is -2.41. The molecule has 1 aliphatic heterocycles. The van der Waals surface area contributed by atoms with E-state index < -0.39 is 0 Å². The van der Waals surface area contributed by atoms with Gasteiger partial charge in [-0.25, -0.2) is 9.51 Å². The van der Waals surface area contributed by atoms with Crippen LogP contribution in [0.15, 0.2) is 90.1 Å². The van der Waals surface area contributed by atoms with Crippen molar-refractivity contribution in [3.8, 4) is 0 Å². The molecular formula is C26H26N4O. The topological polar surface area (TPSA) is 53.1 Å². The predicted octanol–water partition coefficient (Wildman–Crippen LogP) is 4.85. The summed E-state index contributed by atoms with van der Waals surface area (Å²) in [5, 5.41) is 14.4. The van der Waals surface area contributed by atoms with Crippen LogP contribution in [0.1, 0.15) is 30.4 Å². The van der Waals surface area contributed by atoms with E-state index in [0.717, 1.165) is 59.7 Å². The van der Waals surface area contributed by atoms with E-state index in [1.807, 2.05) is 53.2 Å². The number of rotatable bonds is 5. The molecule has 0 bridgehead atoms. The van der Waals surface area contributed by atoms with Crippen LogP contribution in [-0.4, -0.2) is 39.6 Å². The maximum atomic E-state index is 9.92. The lowest BCUT2D eigenvalue weighted by atomic mass is 10.0. The highest BCUT2D eigenvalue weighted by atomic mass is 16.3. The van der Waals surface area contributed by atoms with Gasteiger partial charge < -0.3 is 10.0 Å². The highest BCUT2D eigenvalue weighted by Gasteiger charge is 2.23. The molecule has 0 saturated carbocycles. The number of fused-ring (bicyclic) bond motifs is 1. The number of benzene rings is 2. The Morgan fingerprint density at radius 3 is 2.32 bits per heavy atom.